The van der Waals surface area contributed by atoms with Crippen LogP contribution < -0.4 is 5.32 Å². The van der Waals surface area contributed by atoms with Gasteiger partial charge in [-0.05, 0) is 33.6 Å². The lowest BCUT2D eigenvalue weighted by molar-refractivity contribution is -0.139. The molecule has 0 aromatic rings. The van der Waals surface area contributed by atoms with E-state index in [0.29, 0.717) is 19.3 Å². The minimum Gasteiger partial charge on any atom is -0.480 e. The van der Waals surface area contributed by atoms with Gasteiger partial charge in [0.25, 0.3) is 0 Å². The maximum Gasteiger partial charge on any atom is 0.408 e. The van der Waals surface area contributed by atoms with Gasteiger partial charge in [0, 0.05) is 12.3 Å². The topological polar surface area (TPSA) is 92.7 Å². The van der Waals surface area contributed by atoms with Gasteiger partial charge in [-0.2, -0.15) is 0 Å². The maximum absolute atomic E-state index is 11.6. The van der Waals surface area contributed by atoms with Gasteiger partial charge in [0.05, 0.1) is 0 Å². The zero-order valence-corrected chi connectivity index (χ0v) is 14.3. The van der Waals surface area contributed by atoms with Crippen molar-refractivity contribution in [2.75, 3.05) is 0 Å². The van der Waals surface area contributed by atoms with E-state index < -0.39 is 23.7 Å². The predicted molar refractivity (Wildman–Crippen MR) is 83.7 cm³/mol. The minimum atomic E-state index is -1.08. The van der Waals surface area contributed by atoms with E-state index in [1.54, 1.807) is 20.8 Å². The third kappa shape index (κ3) is 10.2. The van der Waals surface area contributed by atoms with Crippen molar-refractivity contribution in [2.24, 2.45) is 5.92 Å². The van der Waals surface area contributed by atoms with Crippen LogP contribution in [0.5, 0.6) is 0 Å². The fourth-order valence-electron chi connectivity index (χ4n) is 1.82. The van der Waals surface area contributed by atoms with Crippen molar-refractivity contribution >= 4 is 17.8 Å². The van der Waals surface area contributed by atoms with Crippen LogP contribution >= 0.6 is 0 Å². The normalized spacial score (nSPS) is 12.8. The van der Waals surface area contributed by atoms with Crippen LogP contribution in [0.15, 0.2) is 0 Å². The zero-order valence-electron chi connectivity index (χ0n) is 14.3. The molecule has 6 nitrogen and oxygen atoms in total. The van der Waals surface area contributed by atoms with Crippen LogP contribution in [-0.2, 0) is 14.3 Å². The number of ketones is 1. The summed E-state index contributed by atoms with van der Waals surface area (Å²) in [4.78, 5) is 34.2. The summed E-state index contributed by atoms with van der Waals surface area (Å²) in [7, 11) is 0. The number of hydrogen-bond donors (Lipinski definition) is 2. The lowest BCUT2D eigenvalue weighted by Gasteiger charge is -2.22. The zero-order chi connectivity index (χ0) is 17.3. The Balaban J connectivity index is 4.09. The largest absolute Gasteiger partial charge is 0.480 e. The SMILES string of the molecule is CC(C)C(=O)CCCCC[C@H](NC(=O)OC(C)(C)C)C(=O)O. The first-order valence-corrected chi connectivity index (χ1v) is 7.78. The predicted octanol–water partition coefficient (Wildman–Crippen LogP) is 3.14. The fraction of sp³-hybridized carbons (Fsp3) is 0.812. The molecule has 0 aliphatic heterocycles. The first kappa shape index (κ1) is 20.4. The second-order valence-corrected chi connectivity index (χ2v) is 6.76. The summed E-state index contributed by atoms with van der Waals surface area (Å²) < 4.78 is 5.05. The van der Waals surface area contributed by atoms with Crippen molar-refractivity contribution in [3.8, 4) is 0 Å². The van der Waals surface area contributed by atoms with Gasteiger partial charge in [-0.25, -0.2) is 9.59 Å². The Kier molecular flexibility index (Phi) is 8.75. The quantitative estimate of drug-likeness (QED) is 0.638. The van der Waals surface area contributed by atoms with Gasteiger partial charge < -0.3 is 15.2 Å². The molecule has 0 saturated heterocycles. The number of unbranched alkanes of at least 4 members (excludes halogenated alkanes) is 2. The van der Waals surface area contributed by atoms with Crippen LogP contribution in [0.2, 0.25) is 0 Å². The number of aliphatic carboxylic acids is 1. The molecule has 0 aromatic carbocycles. The number of ether oxygens (including phenoxy) is 1. The number of Topliss-reactive ketones (excluding diaryl/α,β-unsaturated/α-hetero) is 1. The molecule has 1 atom stereocenters. The molecule has 6 heteroatoms. The molecule has 0 aliphatic carbocycles. The lowest BCUT2D eigenvalue weighted by atomic mass is 10.0. The smallest absolute Gasteiger partial charge is 0.408 e. The summed E-state index contributed by atoms with van der Waals surface area (Å²) in [6.07, 6.45) is 2.26. The van der Waals surface area contributed by atoms with E-state index in [1.807, 2.05) is 13.8 Å². The van der Waals surface area contributed by atoms with Crippen molar-refractivity contribution < 1.29 is 24.2 Å². The van der Waals surface area contributed by atoms with Crippen LogP contribution in [0.4, 0.5) is 4.79 Å². The molecule has 22 heavy (non-hydrogen) atoms. The van der Waals surface area contributed by atoms with Crippen LogP contribution in [0.3, 0.4) is 0 Å². The van der Waals surface area contributed by atoms with E-state index in [1.165, 1.54) is 0 Å². The highest BCUT2D eigenvalue weighted by molar-refractivity contribution is 5.80. The summed E-state index contributed by atoms with van der Waals surface area (Å²) >= 11 is 0. The Morgan fingerprint density at radius 2 is 1.68 bits per heavy atom. The summed E-state index contributed by atoms with van der Waals surface area (Å²) in [5.74, 6) is -0.814. The van der Waals surface area contributed by atoms with Crippen molar-refractivity contribution in [1.82, 2.24) is 5.32 Å². The summed E-state index contributed by atoms with van der Waals surface area (Å²) in [6, 6.07) is -0.962. The van der Waals surface area contributed by atoms with Gasteiger partial charge in [-0.3, -0.25) is 4.79 Å². The van der Waals surface area contributed by atoms with Crippen molar-refractivity contribution in [3.05, 3.63) is 0 Å². The van der Waals surface area contributed by atoms with Crippen LogP contribution in [0.1, 0.15) is 66.7 Å². The van der Waals surface area contributed by atoms with Gasteiger partial charge >= 0.3 is 12.1 Å². The highest BCUT2D eigenvalue weighted by Crippen LogP contribution is 2.11. The van der Waals surface area contributed by atoms with Gasteiger partial charge in [0.15, 0.2) is 0 Å². The van der Waals surface area contributed by atoms with E-state index >= 15 is 0 Å². The van der Waals surface area contributed by atoms with Crippen molar-refractivity contribution in [3.63, 3.8) is 0 Å². The highest BCUT2D eigenvalue weighted by Gasteiger charge is 2.23. The van der Waals surface area contributed by atoms with Gasteiger partial charge in [-0.15, -0.1) is 0 Å². The number of alkyl carbamates (subject to hydrolysis) is 1. The number of carbonyl (C=O) groups excluding carboxylic acids is 2. The molecule has 2 N–H and O–H groups in total. The molecule has 0 radical (unpaired) electrons. The minimum absolute atomic E-state index is 0.0422. The van der Waals surface area contributed by atoms with E-state index in [4.69, 9.17) is 9.84 Å². The molecule has 0 fully saturated rings. The van der Waals surface area contributed by atoms with Gasteiger partial charge in [-0.1, -0.05) is 26.7 Å². The van der Waals surface area contributed by atoms with E-state index in [0.717, 1.165) is 12.8 Å². The second kappa shape index (κ2) is 9.43. The number of carbonyl (C=O) groups is 3. The molecule has 0 aliphatic rings. The molecule has 0 saturated carbocycles. The molecule has 0 aromatic heterocycles. The van der Waals surface area contributed by atoms with Crippen LogP contribution in [-0.4, -0.2) is 34.6 Å². The third-order valence-corrected chi connectivity index (χ3v) is 3.05. The number of carboxylic acids is 1. The first-order chi connectivity index (χ1) is 10.0. The van der Waals surface area contributed by atoms with Crippen LogP contribution in [0, 0.1) is 5.92 Å². The van der Waals surface area contributed by atoms with Gasteiger partial charge in [0.1, 0.15) is 17.4 Å². The molecule has 128 valence electrons. The van der Waals surface area contributed by atoms with E-state index in [-0.39, 0.29) is 11.7 Å². The Labute approximate surface area is 132 Å². The first-order valence-electron chi connectivity index (χ1n) is 7.78. The van der Waals surface area contributed by atoms with Crippen molar-refractivity contribution in [1.29, 1.82) is 0 Å². The molecular weight excluding hydrogens is 286 g/mol. The molecule has 0 rings (SSSR count). The standard InChI is InChI=1S/C16H29NO5/c1-11(2)13(18)10-8-6-7-9-12(14(19)20)17-15(21)22-16(3,4)5/h11-12H,6-10H2,1-5H3,(H,17,21)(H,19,20)/t12-/m0/s1. The number of amides is 1. The molecular formula is C16H29NO5. The molecule has 0 heterocycles. The Bertz CT molecular complexity index is 384. The highest BCUT2D eigenvalue weighted by atomic mass is 16.6. The fourth-order valence-corrected chi connectivity index (χ4v) is 1.82. The summed E-state index contributed by atoms with van der Waals surface area (Å²) in [6.45, 7) is 8.89. The van der Waals surface area contributed by atoms with Gasteiger partial charge in [0.2, 0.25) is 0 Å². The summed E-state index contributed by atoms with van der Waals surface area (Å²) in [5, 5.41) is 11.5. The average Bonchev–Trinajstić information content (AvgIpc) is 2.33. The number of rotatable bonds is 9. The molecule has 0 spiro atoms. The lowest BCUT2D eigenvalue weighted by Crippen LogP contribution is -2.43. The Morgan fingerprint density at radius 1 is 1.09 bits per heavy atom. The Hall–Kier alpha value is -1.59. The number of hydrogen-bond acceptors (Lipinski definition) is 4. The molecule has 1 amide bonds. The average molecular weight is 315 g/mol. The van der Waals surface area contributed by atoms with Crippen LogP contribution in [0.25, 0.3) is 0 Å². The third-order valence-electron chi connectivity index (χ3n) is 3.05. The summed E-state index contributed by atoms with van der Waals surface area (Å²) in [5.41, 5.74) is -0.662. The monoisotopic (exact) mass is 315 g/mol. The van der Waals surface area contributed by atoms with E-state index in [2.05, 4.69) is 5.32 Å². The van der Waals surface area contributed by atoms with E-state index in [9.17, 15) is 14.4 Å². The number of carboxylic acid groups (broad SMARTS) is 1. The molecule has 0 unspecified atom stereocenters. The van der Waals surface area contributed by atoms with Crippen molar-refractivity contribution in [2.45, 2.75) is 78.4 Å². The number of nitrogens with one attached hydrogen (secondary N) is 1. The Morgan fingerprint density at radius 3 is 2.14 bits per heavy atom. The maximum atomic E-state index is 11.6. The molecule has 0 bridgehead atoms. The second-order valence-electron chi connectivity index (χ2n) is 6.76.